The fourth-order valence-corrected chi connectivity index (χ4v) is 3.62. The smallest absolute Gasteiger partial charge is 0.321 e. The number of hydrogen-bond acceptors (Lipinski definition) is 7. The van der Waals surface area contributed by atoms with Gasteiger partial charge >= 0.3 is 6.03 Å². The Bertz CT molecular complexity index is 1060. The summed E-state index contributed by atoms with van der Waals surface area (Å²) in [6.07, 6.45) is 0. The second-order valence-electron chi connectivity index (χ2n) is 7.61. The van der Waals surface area contributed by atoms with Crippen molar-refractivity contribution in [2.24, 2.45) is 0 Å². The summed E-state index contributed by atoms with van der Waals surface area (Å²) >= 11 is 0. The molecule has 4 rings (SSSR count). The highest BCUT2D eigenvalue weighted by molar-refractivity contribution is 5.89. The molecule has 0 radical (unpaired) electrons. The summed E-state index contributed by atoms with van der Waals surface area (Å²) in [5.41, 5.74) is 2.78. The molecule has 10 nitrogen and oxygen atoms in total. The molecule has 32 heavy (non-hydrogen) atoms. The summed E-state index contributed by atoms with van der Waals surface area (Å²) in [4.78, 5) is 16.7. The molecule has 1 aromatic heterocycles. The van der Waals surface area contributed by atoms with Crippen LogP contribution in [0.25, 0.3) is 5.69 Å². The van der Waals surface area contributed by atoms with E-state index in [9.17, 15) is 4.79 Å². The van der Waals surface area contributed by atoms with E-state index in [0.29, 0.717) is 36.8 Å². The van der Waals surface area contributed by atoms with Gasteiger partial charge < -0.3 is 19.7 Å². The number of carbonyl (C=O) groups is 1. The minimum absolute atomic E-state index is 0.138. The molecule has 2 heterocycles. The standard InChI is InChI=1S/C22H27N7O3/c1-16-4-7-18(8-5-16)29-21(24-25-26-29)15-27-10-12-28(13-11-27)22(30)23-17-6-9-19(31-2)20(14-17)32-3/h4-9,14H,10-13,15H2,1-3H3,(H,23,30). The molecule has 0 atom stereocenters. The molecule has 2 aromatic carbocycles. The Morgan fingerprint density at radius 1 is 1.00 bits per heavy atom. The number of nitrogens with zero attached hydrogens (tertiary/aromatic N) is 6. The molecule has 0 bridgehead atoms. The molecule has 2 amide bonds. The number of methoxy groups -OCH3 is 2. The van der Waals surface area contributed by atoms with E-state index in [1.807, 2.05) is 31.2 Å². The Morgan fingerprint density at radius 3 is 2.41 bits per heavy atom. The van der Waals surface area contributed by atoms with Crippen molar-refractivity contribution in [3.63, 3.8) is 0 Å². The van der Waals surface area contributed by atoms with Crippen LogP contribution in [0.3, 0.4) is 0 Å². The second-order valence-corrected chi connectivity index (χ2v) is 7.61. The molecule has 0 spiro atoms. The average molecular weight is 438 g/mol. The van der Waals surface area contributed by atoms with Gasteiger partial charge in [-0.15, -0.1) is 5.10 Å². The number of ether oxygens (including phenoxy) is 2. The number of aryl methyl sites for hydroxylation is 1. The van der Waals surface area contributed by atoms with Gasteiger partial charge in [-0.05, 0) is 41.6 Å². The molecule has 0 unspecified atom stereocenters. The zero-order valence-electron chi connectivity index (χ0n) is 18.5. The first-order chi connectivity index (χ1) is 15.6. The van der Waals surface area contributed by atoms with Crippen LogP contribution in [0.1, 0.15) is 11.4 Å². The number of anilines is 1. The Morgan fingerprint density at radius 2 is 1.72 bits per heavy atom. The molecule has 0 saturated carbocycles. The van der Waals surface area contributed by atoms with Gasteiger partial charge in [0.15, 0.2) is 17.3 Å². The van der Waals surface area contributed by atoms with E-state index in [-0.39, 0.29) is 6.03 Å². The minimum atomic E-state index is -0.138. The number of carbonyl (C=O) groups excluding carboxylic acids is 1. The second kappa shape index (κ2) is 9.65. The maximum Gasteiger partial charge on any atom is 0.321 e. The molecule has 10 heteroatoms. The van der Waals surface area contributed by atoms with Crippen molar-refractivity contribution in [3.8, 4) is 17.2 Å². The van der Waals surface area contributed by atoms with Gasteiger partial charge in [0.2, 0.25) is 0 Å². The minimum Gasteiger partial charge on any atom is -0.493 e. The van der Waals surface area contributed by atoms with E-state index in [2.05, 4.69) is 25.7 Å². The van der Waals surface area contributed by atoms with E-state index in [4.69, 9.17) is 9.47 Å². The van der Waals surface area contributed by atoms with Gasteiger partial charge in [-0.2, -0.15) is 4.68 Å². The number of amides is 2. The molecule has 1 aliphatic rings. The van der Waals surface area contributed by atoms with Crippen molar-refractivity contribution < 1.29 is 14.3 Å². The van der Waals surface area contributed by atoms with Crippen LogP contribution >= 0.6 is 0 Å². The summed E-state index contributed by atoms with van der Waals surface area (Å²) < 4.78 is 12.3. The number of aromatic nitrogens is 4. The number of hydrogen-bond donors (Lipinski definition) is 1. The number of nitrogens with one attached hydrogen (secondary N) is 1. The molecule has 1 fully saturated rings. The van der Waals surface area contributed by atoms with E-state index in [1.165, 1.54) is 5.56 Å². The van der Waals surface area contributed by atoms with Crippen LogP contribution in [-0.4, -0.2) is 76.4 Å². The van der Waals surface area contributed by atoms with Gasteiger partial charge in [0.05, 0.1) is 26.5 Å². The first-order valence-electron chi connectivity index (χ1n) is 10.4. The lowest BCUT2D eigenvalue weighted by molar-refractivity contribution is 0.140. The molecule has 1 saturated heterocycles. The Kier molecular flexibility index (Phi) is 6.50. The number of benzene rings is 2. The normalized spacial score (nSPS) is 14.3. The fraction of sp³-hybridized carbons (Fsp3) is 0.364. The van der Waals surface area contributed by atoms with Crippen molar-refractivity contribution in [1.29, 1.82) is 0 Å². The Balaban J connectivity index is 1.33. The highest BCUT2D eigenvalue weighted by atomic mass is 16.5. The van der Waals surface area contributed by atoms with Gasteiger partial charge in [-0.3, -0.25) is 4.90 Å². The SMILES string of the molecule is COc1ccc(NC(=O)N2CCN(Cc3nnnn3-c3ccc(C)cc3)CC2)cc1OC. The third-order valence-corrected chi connectivity index (χ3v) is 5.47. The maximum atomic E-state index is 12.7. The van der Waals surface area contributed by atoms with Crippen LogP contribution in [0.2, 0.25) is 0 Å². The van der Waals surface area contributed by atoms with Crippen LogP contribution in [-0.2, 0) is 6.54 Å². The lowest BCUT2D eigenvalue weighted by atomic mass is 10.2. The van der Waals surface area contributed by atoms with Crippen LogP contribution in [0, 0.1) is 6.92 Å². The zero-order chi connectivity index (χ0) is 22.5. The van der Waals surface area contributed by atoms with E-state index >= 15 is 0 Å². The van der Waals surface area contributed by atoms with E-state index in [0.717, 1.165) is 24.6 Å². The Hall–Kier alpha value is -3.66. The van der Waals surface area contributed by atoms with Gasteiger partial charge in [0, 0.05) is 37.9 Å². The number of rotatable bonds is 6. The first-order valence-corrected chi connectivity index (χ1v) is 10.4. The van der Waals surface area contributed by atoms with Crippen molar-refractivity contribution in [1.82, 2.24) is 30.0 Å². The molecule has 0 aliphatic carbocycles. The van der Waals surface area contributed by atoms with Crippen molar-refractivity contribution in [2.45, 2.75) is 13.5 Å². The highest BCUT2D eigenvalue weighted by Crippen LogP contribution is 2.29. The lowest BCUT2D eigenvalue weighted by Crippen LogP contribution is -2.49. The highest BCUT2D eigenvalue weighted by Gasteiger charge is 2.23. The van der Waals surface area contributed by atoms with Crippen LogP contribution in [0.15, 0.2) is 42.5 Å². The van der Waals surface area contributed by atoms with Crippen molar-refractivity contribution in [2.75, 3.05) is 45.7 Å². The van der Waals surface area contributed by atoms with E-state index < -0.39 is 0 Å². The first kappa shape index (κ1) is 21.6. The molecular formula is C22H27N7O3. The molecule has 1 aliphatic heterocycles. The van der Waals surface area contributed by atoms with Crippen molar-refractivity contribution >= 4 is 11.7 Å². The predicted molar refractivity (Wildman–Crippen MR) is 119 cm³/mol. The van der Waals surface area contributed by atoms with E-state index in [1.54, 1.807) is 42.0 Å². The summed E-state index contributed by atoms with van der Waals surface area (Å²) in [7, 11) is 3.15. The molecule has 168 valence electrons. The monoisotopic (exact) mass is 437 g/mol. The van der Waals surface area contributed by atoms with Gasteiger partial charge in [0.25, 0.3) is 0 Å². The van der Waals surface area contributed by atoms with Crippen LogP contribution in [0.4, 0.5) is 10.5 Å². The van der Waals surface area contributed by atoms with Gasteiger partial charge in [-0.1, -0.05) is 17.7 Å². The molecular weight excluding hydrogens is 410 g/mol. The van der Waals surface area contributed by atoms with Crippen LogP contribution in [0.5, 0.6) is 11.5 Å². The summed E-state index contributed by atoms with van der Waals surface area (Å²) in [5.74, 6) is 1.96. The topological polar surface area (TPSA) is 97.6 Å². The third-order valence-electron chi connectivity index (χ3n) is 5.47. The summed E-state index contributed by atoms with van der Waals surface area (Å²) in [6, 6.07) is 13.3. The number of urea groups is 1. The Labute approximate surface area is 186 Å². The largest absolute Gasteiger partial charge is 0.493 e. The zero-order valence-corrected chi connectivity index (χ0v) is 18.5. The van der Waals surface area contributed by atoms with Gasteiger partial charge in [-0.25, -0.2) is 4.79 Å². The molecule has 1 N–H and O–H groups in total. The van der Waals surface area contributed by atoms with Crippen molar-refractivity contribution in [3.05, 3.63) is 53.9 Å². The number of piperazine rings is 1. The number of tetrazole rings is 1. The summed E-state index contributed by atoms with van der Waals surface area (Å²) in [6.45, 7) is 5.37. The van der Waals surface area contributed by atoms with Gasteiger partial charge in [0.1, 0.15) is 0 Å². The molecule has 3 aromatic rings. The quantitative estimate of drug-likeness (QED) is 0.632. The maximum absolute atomic E-state index is 12.7. The van der Waals surface area contributed by atoms with Crippen LogP contribution < -0.4 is 14.8 Å². The fourth-order valence-electron chi connectivity index (χ4n) is 3.62. The average Bonchev–Trinajstić information content (AvgIpc) is 3.28. The predicted octanol–water partition coefficient (Wildman–Crippen LogP) is 2.34. The lowest BCUT2D eigenvalue weighted by Gasteiger charge is -2.34. The summed E-state index contributed by atoms with van der Waals surface area (Å²) in [5, 5.41) is 15.1. The third kappa shape index (κ3) is 4.80.